The average molecular weight is 312 g/mol. The molecule has 7 nitrogen and oxygen atoms in total. The van der Waals surface area contributed by atoms with Gasteiger partial charge in [-0.15, -0.1) is 10.2 Å². The van der Waals surface area contributed by atoms with Crippen molar-refractivity contribution in [1.82, 2.24) is 24.5 Å². The van der Waals surface area contributed by atoms with Crippen molar-refractivity contribution in [1.29, 1.82) is 0 Å². The number of fused-ring (bicyclic) bond motifs is 3. The van der Waals surface area contributed by atoms with Crippen LogP contribution >= 0.6 is 0 Å². The van der Waals surface area contributed by atoms with Gasteiger partial charge in [-0.05, 0) is 19.1 Å². The maximum Gasteiger partial charge on any atom is 0.204 e. The number of hydrogen-bond donors (Lipinski definition) is 1. The van der Waals surface area contributed by atoms with Crippen molar-refractivity contribution in [2.45, 2.75) is 6.92 Å². The van der Waals surface area contributed by atoms with Crippen molar-refractivity contribution in [3.05, 3.63) is 30.1 Å². The van der Waals surface area contributed by atoms with Crippen molar-refractivity contribution in [2.75, 3.05) is 44.7 Å². The van der Waals surface area contributed by atoms with Gasteiger partial charge >= 0.3 is 0 Å². The fraction of sp³-hybridized carbons (Fsp3) is 0.438. The molecule has 0 bridgehead atoms. The lowest BCUT2D eigenvalue weighted by Crippen LogP contribution is -2.39. The quantitative estimate of drug-likeness (QED) is 0.784. The second kappa shape index (κ2) is 6.10. The second-order valence-corrected chi connectivity index (χ2v) is 5.74. The standard InChI is InChI=1S/C16H20N6O/c1-12-19-20-16-15(17-6-7-21-8-10-23-11-9-21)18-13-4-2-3-5-14(13)22(12)16/h2-5H,6-11H2,1H3,(H,17,18). The molecule has 0 radical (unpaired) electrons. The first-order chi connectivity index (χ1) is 11.3. The highest BCUT2D eigenvalue weighted by atomic mass is 16.5. The summed E-state index contributed by atoms with van der Waals surface area (Å²) in [7, 11) is 0. The molecule has 0 saturated carbocycles. The predicted octanol–water partition coefficient (Wildman–Crippen LogP) is 1.33. The number of benzene rings is 1. The average Bonchev–Trinajstić information content (AvgIpc) is 2.98. The number of anilines is 1. The Labute approximate surface area is 134 Å². The zero-order valence-electron chi connectivity index (χ0n) is 13.2. The number of aryl methyl sites for hydroxylation is 1. The fourth-order valence-corrected chi connectivity index (χ4v) is 3.00. The third-order valence-corrected chi connectivity index (χ3v) is 4.22. The van der Waals surface area contributed by atoms with Crippen molar-refractivity contribution in [2.24, 2.45) is 0 Å². The highest BCUT2D eigenvalue weighted by molar-refractivity contribution is 5.82. The summed E-state index contributed by atoms with van der Waals surface area (Å²) in [5.41, 5.74) is 2.75. The van der Waals surface area contributed by atoms with Crippen LogP contribution in [0, 0.1) is 6.92 Å². The van der Waals surface area contributed by atoms with E-state index < -0.39 is 0 Å². The van der Waals surface area contributed by atoms with E-state index in [9.17, 15) is 0 Å². The molecule has 3 aromatic rings. The zero-order chi connectivity index (χ0) is 15.6. The van der Waals surface area contributed by atoms with Crippen molar-refractivity contribution >= 4 is 22.5 Å². The Balaban J connectivity index is 1.60. The van der Waals surface area contributed by atoms with E-state index in [1.165, 1.54) is 0 Å². The Hall–Kier alpha value is -2.25. The van der Waals surface area contributed by atoms with E-state index in [2.05, 4.69) is 24.8 Å². The Morgan fingerprint density at radius 2 is 2.00 bits per heavy atom. The van der Waals surface area contributed by atoms with Crippen LogP contribution in [0.4, 0.5) is 5.82 Å². The molecule has 23 heavy (non-hydrogen) atoms. The monoisotopic (exact) mass is 312 g/mol. The molecule has 7 heteroatoms. The number of nitrogens with one attached hydrogen (secondary N) is 1. The SMILES string of the molecule is Cc1nnc2c(NCCN3CCOCC3)nc3ccccc3n12. The van der Waals surface area contributed by atoms with Gasteiger partial charge in [0.15, 0.2) is 5.82 Å². The van der Waals surface area contributed by atoms with Gasteiger partial charge < -0.3 is 10.1 Å². The topological polar surface area (TPSA) is 67.6 Å². The molecule has 0 amide bonds. The van der Waals surface area contributed by atoms with Crippen LogP contribution in [-0.4, -0.2) is 63.9 Å². The smallest absolute Gasteiger partial charge is 0.204 e. The zero-order valence-corrected chi connectivity index (χ0v) is 13.2. The number of ether oxygens (including phenoxy) is 1. The predicted molar refractivity (Wildman–Crippen MR) is 88.8 cm³/mol. The molecule has 4 rings (SSSR count). The van der Waals surface area contributed by atoms with E-state index in [0.717, 1.165) is 67.7 Å². The van der Waals surface area contributed by atoms with Gasteiger partial charge in [-0.2, -0.15) is 0 Å². The summed E-state index contributed by atoms with van der Waals surface area (Å²) in [5, 5.41) is 11.9. The number of para-hydroxylation sites is 2. The van der Waals surface area contributed by atoms with Crippen LogP contribution < -0.4 is 5.32 Å². The van der Waals surface area contributed by atoms with Crippen molar-refractivity contribution in [3.8, 4) is 0 Å². The van der Waals surface area contributed by atoms with Crippen LogP contribution in [0.15, 0.2) is 24.3 Å². The summed E-state index contributed by atoms with van der Waals surface area (Å²) >= 11 is 0. The maximum absolute atomic E-state index is 5.38. The van der Waals surface area contributed by atoms with Crippen molar-refractivity contribution < 1.29 is 4.74 Å². The second-order valence-electron chi connectivity index (χ2n) is 5.74. The largest absolute Gasteiger partial charge is 0.379 e. The molecule has 1 aliphatic heterocycles. The number of aromatic nitrogens is 4. The van der Waals surface area contributed by atoms with Gasteiger partial charge in [0.25, 0.3) is 0 Å². The lowest BCUT2D eigenvalue weighted by molar-refractivity contribution is 0.0398. The third-order valence-electron chi connectivity index (χ3n) is 4.22. The van der Waals surface area contributed by atoms with E-state index >= 15 is 0 Å². The minimum atomic E-state index is 0.781. The molecule has 0 unspecified atom stereocenters. The minimum Gasteiger partial charge on any atom is -0.379 e. The van der Waals surface area contributed by atoms with Gasteiger partial charge in [0.2, 0.25) is 5.65 Å². The molecule has 2 aromatic heterocycles. The highest BCUT2D eigenvalue weighted by Crippen LogP contribution is 2.21. The van der Waals surface area contributed by atoms with Crippen LogP contribution in [0.25, 0.3) is 16.7 Å². The molecular weight excluding hydrogens is 292 g/mol. The van der Waals surface area contributed by atoms with Crippen LogP contribution in [-0.2, 0) is 4.74 Å². The molecule has 1 aliphatic rings. The van der Waals surface area contributed by atoms with Gasteiger partial charge in [0.05, 0.1) is 24.2 Å². The molecule has 1 aromatic carbocycles. The summed E-state index contributed by atoms with van der Waals surface area (Å²) in [5.74, 6) is 1.66. The van der Waals surface area contributed by atoms with Crippen LogP contribution in [0.1, 0.15) is 5.82 Å². The summed E-state index contributed by atoms with van der Waals surface area (Å²) in [6.07, 6.45) is 0. The Morgan fingerprint density at radius 1 is 1.17 bits per heavy atom. The first kappa shape index (κ1) is 14.3. The first-order valence-electron chi connectivity index (χ1n) is 7.97. The molecule has 0 aliphatic carbocycles. The van der Waals surface area contributed by atoms with E-state index in [4.69, 9.17) is 9.72 Å². The molecule has 120 valence electrons. The Kier molecular flexibility index (Phi) is 3.80. The fourth-order valence-electron chi connectivity index (χ4n) is 3.00. The van der Waals surface area contributed by atoms with Gasteiger partial charge in [-0.25, -0.2) is 4.98 Å². The molecular formula is C16H20N6O. The number of hydrogen-bond acceptors (Lipinski definition) is 6. The first-order valence-corrected chi connectivity index (χ1v) is 7.97. The maximum atomic E-state index is 5.38. The van der Waals surface area contributed by atoms with E-state index in [0.29, 0.717) is 0 Å². The van der Waals surface area contributed by atoms with E-state index in [-0.39, 0.29) is 0 Å². The molecule has 3 heterocycles. The van der Waals surface area contributed by atoms with Gasteiger partial charge in [-0.1, -0.05) is 12.1 Å². The molecule has 0 spiro atoms. The number of morpholine rings is 1. The minimum absolute atomic E-state index is 0.781. The van der Waals surface area contributed by atoms with Gasteiger partial charge in [0.1, 0.15) is 5.82 Å². The molecule has 1 saturated heterocycles. The molecule has 0 atom stereocenters. The molecule has 1 N–H and O–H groups in total. The van der Waals surface area contributed by atoms with E-state index in [1.54, 1.807) is 0 Å². The Bertz CT molecular complexity index is 824. The van der Waals surface area contributed by atoms with Crippen LogP contribution in [0.2, 0.25) is 0 Å². The molecule has 1 fully saturated rings. The summed E-state index contributed by atoms with van der Waals surface area (Å²) in [4.78, 5) is 7.11. The van der Waals surface area contributed by atoms with E-state index in [1.807, 2.05) is 31.2 Å². The summed E-state index contributed by atoms with van der Waals surface area (Å²) in [6, 6.07) is 8.07. The van der Waals surface area contributed by atoms with Crippen LogP contribution in [0.3, 0.4) is 0 Å². The number of rotatable bonds is 4. The highest BCUT2D eigenvalue weighted by Gasteiger charge is 2.13. The number of nitrogens with zero attached hydrogens (tertiary/aromatic N) is 5. The van der Waals surface area contributed by atoms with Crippen molar-refractivity contribution in [3.63, 3.8) is 0 Å². The normalized spacial score (nSPS) is 16.2. The van der Waals surface area contributed by atoms with Crippen LogP contribution in [0.5, 0.6) is 0 Å². The third kappa shape index (κ3) is 2.73. The summed E-state index contributed by atoms with van der Waals surface area (Å²) < 4.78 is 7.43. The van der Waals surface area contributed by atoms with Gasteiger partial charge in [-0.3, -0.25) is 9.30 Å². The van der Waals surface area contributed by atoms with Gasteiger partial charge in [0, 0.05) is 26.2 Å². The lowest BCUT2D eigenvalue weighted by atomic mass is 10.3. The Morgan fingerprint density at radius 3 is 2.87 bits per heavy atom. The summed E-state index contributed by atoms with van der Waals surface area (Å²) in [6.45, 7) is 7.39. The lowest BCUT2D eigenvalue weighted by Gasteiger charge is -2.26.